The minimum absolute atomic E-state index is 0.440. The van der Waals surface area contributed by atoms with Crippen molar-refractivity contribution in [1.29, 1.82) is 0 Å². The summed E-state index contributed by atoms with van der Waals surface area (Å²) in [6, 6.07) is 0.514. The SMILES string of the molecule is CC1CN(c2nc(NN)ncc2Br)CCN1C. The van der Waals surface area contributed by atoms with Crippen LogP contribution >= 0.6 is 15.9 Å². The van der Waals surface area contributed by atoms with Gasteiger partial charge in [0, 0.05) is 31.9 Å². The van der Waals surface area contributed by atoms with Gasteiger partial charge in [-0.25, -0.2) is 10.8 Å². The third-order valence-corrected chi connectivity index (χ3v) is 3.67. The van der Waals surface area contributed by atoms with E-state index in [-0.39, 0.29) is 0 Å². The minimum atomic E-state index is 0.440. The fourth-order valence-electron chi connectivity index (χ4n) is 1.89. The lowest BCUT2D eigenvalue weighted by Gasteiger charge is -2.38. The second kappa shape index (κ2) is 5.16. The van der Waals surface area contributed by atoms with Crippen LogP contribution in [0.25, 0.3) is 0 Å². The lowest BCUT2D eigenvalue weighted by molar-refractivity contribution is 0.233. The number of hydrogen-bond acceptors (Lipinski definition) is 6. The van der Waals surface area contributed by atoms with Crippen LogP contribution in [-0.2, 0) is 0 Å². The summed E-state index contributed by atoms with van der Waals surface area (Å²) in [5.41, 5.74) is 2.47. The first-order valence-electron chi connectivity index (χ1n) is 5.56. The van der Waals surface area contributed by atoms with Gasteiger partial charge >= 0.3 is 0 Å². The molecule has 2 heterocycles. The molecular formula is C10H17BrN6. The van der Waals surface area contributed by atoms with E-state index in [1.54, 1.807) is 6.20 Å². The molecule has 0 amide bonds. The van der Waals surface area contributed by atoms with Crippen molar-refractivity contribution in [3.05, 3.63) is 10.7 Å². The van der Waals surface area contributed by atoms with Gasteiger partial charge in [-0.3, -0.25) is 5.43 Å². The molecule has 1 saturated heterocycles. The van der Waals surface area contributed by atoms with Crippen LogP contribution in [-0.4, -0.2) is 47.6 Å². The van der Waals surface area contributed by atoms with Gasteiger partial charge in [0.1, 0.15) is 5.82 Å². The zero-order valence-electron chi connectivity index (χ0n) is 10.0. The molecule has 0 aromatic carbocycles. The Balaban J connectivity index is 2.21. The van der Waals surface area contributed by atoms with Crippen molar-refractivity contribution in [3.8, 4) is 0 Å². The third-order valence-electron chi connectivity index (χ3n) is 3.11. The van der Waals surface area contributed by atoms with E-state index in [0.717, 1.165) is 29.9 Å². The molecule has 1 aliphatic heterocycles. The highest BCUT2D eigenvalue weighted by Crippen LogP contribution is 2.25. The summed E-state index contributed by atoms with van der Waals surface area (Å²) in [5.74, 6) is 6.67. The molecule has 0 saturated carbocycles. The van der Waals surface area contributed by atoms with Crippen molar-refractivity contribution in [2.24, 2.45) is 5.84 Å². The molecule has 0 spiro atoms. The van der Waals surface area contributed by atoms with Crippen molar-refractivity contribution < 1.29 is 0 Å². The van der Waals surface area contributed by atoms with Crippen LogP contribution in [0.1, 0.15) is 6.92 Å². The maximum Gasteiger partial charge on any atom is 0.239 e. The number of halogens is 1. The zero-order chi connectivity index (χ0) is 12.4. The summed E-state index contributed by atoms with van der Waals surface area (Å²) in [4.78, 5) is 13.0. The number of anilines is 2. The maximum atomic E-state index is 5.33. The number of hydrazine groups is 1. The van der Waals surface area contributed by atoms with Crippen molar-refractivity contribution in [3.63, 3.8) is 0 Å². The predicted octanol–water partition coefficient (Wildman–Crippen LogP) is 0.665. The van der Waals surface area contributed by atoms with Crippen LogP contribution in [0.15, 0.2) is 10.7 Å². The van der Waals surface area contributed by atoms with Crippen LogP contribution in [0.3, 0.4) is 0 Å². The minimum Gasteiger partial charge on any atom is -0.353 e. The lowest BCUT2D eigenvalue weighted by Crippen LogP contribution is -2.50. The van der Waals surface area contributed by atoms with Gasteiger partial charge in [-0.15, -0.1) is 0 Å². The number of nitrogens with zero attached hydrogens (tertiary/aromatic N) is 4. The molecule has 1 fully saturated rings. The number of nitrogens with two attached hydrogens (primary N) is 1. The number of hydrogen-bond donors (Lipinski definition) is 2. The Morgan fingerprint density at radius 1 is 1.53 bits per heavy atom. The fraction of sp³-hybridized carbons (Fsp3) is 0.600. The monoisotopic (exact) mass is 300 g/mol. The van der Waals surface area contributed by atoms with Gasteiger partial charge in [0.05, 0.1) is 4.47 Å². The first-order chi connectivity index (χ1) is 8.11. The topological polar surface area (TPSA) is 70.3 Å². The van der Waals surface area contributed by atoms with Gasteiger partial charge in [-0.1, -0.05) is 0 Å². The molecule has 0 radical (unpaired) electrons. The van der Waals surface area contributed by atoms with Gasteiger partial charge in [0.15, 0.2) is 0 Å². The van der Waals surface area contributed by atoms with Crippen molar-refractivity contribution in [2.45, 2.75) is 13.0 Å². The van der Waals surface area contributed by atoms with Gasteiger partial charge < -0.3 is 9.80 Å². The van der Waals surface area contributed by atoms with Crippen molar-refractivity contribution in [2.75, 3.05) is 37.0 Å². The molecule has 1 unspecified atom stereocenters. The number of rotatable bonds is 2. The van der Waals surface area contributed by atoms with E-state index in [2.05, 4.69) is 55.1 Å². The van der Waals surface area contributed by atoms with Gasteiger partial charge in [-0.2, -0.15) is 4.98 Å². The molecule has 0 aliphatic carbocycles. The summed E-state index contributed by atoms with van der Waals surface area (Å²) in [6.45, 7) is 5.16. The molecule has 1 atom stereocenters. The van der Waals surface area contributed by atoms with Crippen LogP contribution in [0.4, 0.5) is 11.8 Å². The average molecular weight is 301 g/mol. The quantitative estimate of drug-likeness (QED) is 0.618. The Hall–Kier alpha value is -0.920. The summed E-state index contributed by atoms with van der Waals surface area (Å²) < 4.78 is 0.897. The van der Waals surface area contributed by atoms with Crippen molar-refractivity contribution in [1.82, 2.24) is 14.9 Å². The van der Waals surface area contributed by atoms with Crippen LogP contribution in [0.5, 0.6) is 0 Å². The molecule has 3 N–H and O–H groups in total. The van der Waals surface area contributed by atoms with Gasteiger partial charge in [-0.05, 0) is 29.9 Å². The molecule has 1 aromatic heterocycles. The second-order valence-electron chi connectivity index (χ2n) is 4.29. The lowest BCUT2D eigenvalue weighted by atomic mass is 10.2. The van der Waals surface area contributed by atoms with Crippen LogP contribution < -0.4 is 16.2 Å². The Morgan fingerprint density at radius 2 is 2.29 bits per heavy atom. The van der Waals surface area contributed by atoms with Gasteiger partial charge in [0.25, 0.3) is 0 Å². The average Bonchev–Trinajstić information content (AvgIpc) is 2.33. The Labute approximate surface area is 109 Å². The molecule has 17 heavy (non-hydrogen) atoms. The standard InChI is InChI=1S/C10H17BrN6/c1-7-6-17(4-3-16(7)2)9-8(11)5-13-10(14-9)15-12/h5,7H,3-4,6,12H2,1-2H3,(H,13,14,15). The third kappa shape index (κ3) is 2.67. The maximum absolute atomic E-state index is 5.33. The first kappa shape index (κ1) is 12.5. The molecular weight excluding hydrogens is 284 g/mol. The Bertz CT molecular complexity index is 398. The fourth-order valence-corrected chi connectivity index (χ4v) is 2.33. The Morgan fingerprint density at radius 3 is 2.94 bits per heavy atom. The number of piperazine rings is 1. The van der Waals surface area contributed by atoms with E-state index in [9.17, 15) is 0 Å². The van der Waals surface area contributed by atoms with E-state index in [0.29, 0.717) is 12.0 Å². The molecule has 2 rings (SSSR count). The molecule has 7 heteroatoms. The van der Waals surface area contributed by atoms with Crippen LogP contribution in [0.2, 0.25) is 0 Å². The first-order valence-corrected chi connectivity index (χ1v) is 6.35. The van der Waals surface area contributed by atoms with E-state index < -0.39 is 0 Å². The zero-order valence-corrected chi connectivity index (χ0v) is 11.6. The summed E-state index contributed by atoms with van der Waals surface area (Å²) in [6.07, 6.45) is 1.72. The number of nitrogens with one attached hydrogen (secondary N) is 1. The smallest absolute Gasteiger partial charge is 0.239 e. The summed E-state index contributed by atoms with van der Waals surface area (Å²) >= 11 is 3.48. The molecule has 1 aliphatic rings. The molecule has 94 valence electrons. The predicted molar refractivity (Wildman–Crippen MR) is 71.8 cm³/mol. The number of nitrogen functional groups attached to an aromatic ring is 1. The molecule has 1 aromatic rings. The number of aromatic nitrogens is 2. The summed E-state index contributed by atoms with van der Waals surface area (Å²) in [7, 11) is 2.14. The van der Waals surface area contributed by atoms with E-state index in [1.807, 2.05) is 0 Å². The van der Waals surface area contributed by atoms with E-state index in [4.69, 9.17) is 5.84 Å². The van der Waals surface area contributed by atoms with E-state index >= 15 is 0 Å². The van der Waals surface area contributed by atoms with E-state index in [1.165, 1.54) is 0 Å². The van der Waals surface area contributed by atoms with Crippen molar-refractivity contribution >= 4 is 27.7 Å². The highest BCUT2D eigenvalue weighted by atomic mass is 79.9. The Kier molecular flexibility index (Phi) is 3.80. The summed E-state index contributed by atoms with van der Waals surface area (Å²) in [5, 5.41) is 0. The molecule has 6 nitrogen and oxygen atoms in total. The van der Waals surface area contributed by atoms with Gasteiger partial charge in [0.2, 0.25) is 5.95 Å². The highest BCUT2D eigenvalue weighted by molar-refractivity contribution is 9.10. The highest BCUT2D eigenvalue weighted by Gasteiger charge is 2.23. The second-order valence-corrected chi connectivity index (χ2v) is 5.14. The molecule has 0 bridgehead atoms. The normalized spacial score (nSPS) is 21.6. The largest absolute Gasteiger partial charge is 0.353 e. The van der Waals surface area contributed by atoms with Crippen LogP contribution in [0, 0.1) is 0 Å². The number of likely N-dealkylation sites (N-methyl/N-ethyl adjacent to an activating group) is 1.